The summed E-state index contributed by atoms with van der Waals surface area (Å²) in [6.45, 7) is 6.43. The van der Waals surface area contributed by atoms with E-state index in [-0.39, 0.29) is 0 Å². The first-order chi connectivity index (χ1) is 4.91. The lowest BCUT2D eigenvalue weighted by atomic mass is 10.5. The Bertz CT molecular complexity index is 69.3. The zero-order chi connectivity index (χ0) is 7.66. The molecule has 0 amide bonds. The normalized spacial score (nSPS) is 10.2. The molecule has 60 valence electrons. The average Bonchev–Trinajstić information content (AvgIpc) is 1.97. The molecular formula is C8H18N2. The summed E-state index contributed by atoms with van der Waals surface area (Å²) >= 11 is 0. The first-order valence-corrected chi connectivity index (χ1v) is 4.03. The van der Waals surface area contributed by atoms with Gasteiger partial charge in [-0.1, -0.05) is 13.8 Å². The molecule has 0 aliphatic heterocycles. The van der Waals surface area contributed by atoms with Crippen LogP contribution < -0.4 is 10.6 Å². The molecule has 0 spiro atoms. The number of hydrogen-bond acceptors (Lipinski definition) is 2. The van der Waals surface area contributed by atoms with Crippen molar-refractivity contribution in [1.29, 1.82) is 0 Å². The molecular weight excluding hydrogens is 124 g/mol. The Labute approximate surface area is 63.7 Å². The Kier molecular flexibility index (Phi) is 7.79. The molecule has 0 radical (unpaired) electrons. The maximum atomic E-state index is 3.15. The van der Waals surface area contributed by atoms with Gasteiger partial charge in [-0.25, -0.2) is 0 Å². The molecule has 0 aliphatic rings. The van der Waals surface area contributed by atoms with Gasteiger partial charge >= 0.3 is 0 Å². The standard InChI is InChI=1S/C8H18N2/c1-3-5-9-7-8-10-6-4-2/h7-10H,3-6H2,1-2H3/b8-7+. The van der Waals surface area contributed by atoms with Crippen LogP contribution in [0.5, 0.6) is 0 Å². The molecule has 0 aromatic carbocycles. The molecule has 10 heavy (non-hydrogen) atoms. The van der Waals surface area contributed by atoms with Crippen LogP contribution in [0.4, 0.5) is 0 Å². The second-order valence-corrected chi connectivity index (χ2v) is 2.24. The largest absolute Gasteiger partial charge is 0.390 e. The summed E-state index contributed by atoms with van der Waals surface area (Å²) in [5.41, 5.74) is 0. The molecule has 0 aliphatic carbocycles. The van der Waals surface area contributed by atoms with Crippen molar-refractivity contribution < 1.29 is 0 Å². The third-order valence-electron chi connectivity index (χ3n) is 1.11. The third kappa shape index (κ3) is 7.34. The van der Waals surface area contributed by atoms with Gasteiger partial charge in [0.25, 0.3) is 0 Å². The molecule has 0 aromatic rings. The van der Waals surface area contributed by atoms with Crippen LogP contribution in [0.1, 0.15) is 26.7 Å². The molecule has 0 atom stereocenters. The van der Waals surface area contributed by atoms with Crippen molar-refractivity contribution in [1.82, 2.24) is 10.6 Å². The van der Waals surface area contributed by atoms with E-state index in [0.717, 1.165) is 13.1 Å². The summed E-state index contributed by atoms with van der Waals surface area (Å²) in [6, 6.07) is 0. The van der Waals surface area contributed by atoms with E-state index in [1.807, 2.05) is 12.4 Å². The molecule has 0 saturated carbocycles. The molecule has 0 fully saturated rings. The van der Waals surface area contributed by atoms with E-state index in [1.165, 1.54) is 12.8 Å². The maximum Gasteiger partial charge on any atom is 0.0139 e. The third-order valence-corrected chi connectivity index (χ3v) is 1.11. The molecule has 0 bridgehead atoms. The van der Waals surface area contributed by atoms with E-state index in [1.54, 1.807) is 0 Å². The summed E-state index contributed by atoms with van der Waals surface area (Å²) in [7, 11) is 0. The minimum atomic E-state index is 1.06. The van der Waals surface area contributed by atoms with Gasteiger partial charge in [-0.3, -0.25) is 0 Å². The topological polar surface area (TPSA) is 24.1 Å². The van der Waals surface area contributed by atoms with Crippen molar-refractivity contribution in [2.24, 2.45) is 0 Å². The van der Waals surface area contributed by atoms with Gasteiger partial charge in [-0.15, -0.1) is 0 Å². The van der Waals surface area contributed by atoms with Crippen LogP contribution in [0.2, 0.25) is 0 Å². The van der Waals surface area contributed by atoms with Crippen molar-refractivity contribution in [3.63, 3.8) is 0 Å². The van der Waals surface area contributed by atoms with Gasteiger partial charge < -0.3 is 10.6 Å². The van der Waals surface area contributed by atoms with Crippen LogP contribution in [0.15, 0.2) is 12.4 Å². The monoisotopic (exact) mass is 142 g/mol. The Morgan fingerprint density at radius 3 is 1.60 bits per heavy atom. The van der Waals surface area contributed by atoms with E-state index in [4.69, 9.17) is 0 Å². The highest BCUT2D eigenvalue weighted by molar-refractivity contribution is 4.75. The molecule has 2 nitrogen and oxygen atoms in total. The summed E-state index contributed by atoms with van der Waals surface area (Å²) < 4.78 is 0. The minimum absolute atomic E-state index is 1.06. The molecule has 2 N–H and O–H groups in total. The highest BCUT2D eigenvalue weighted by atomic mass is 14.9. The van der Waals surface area contributed by atoms with Crippen LogP contribution in [0.25, 0.3) is 0 Å². The Balaban J connectivity index is 2.89. The van der Waals surface area contributed by atoms with Gasteiger partial charge in [0.05, 0.1) is 0 Å². The lowest BCUT2D eigenvalue weighted by molar-refractivity contribution is 0.777. The van der Waals surface area contributed by atoms with Crippen LogP contribution in [0, 0.1) is 0 Å². The smallest absolute Gasteiger partial charge is 0.0139 e. The summed E-state index contributed by atoms with van der Waals surface area (Å²) in [5, 5.41) is 6.30. The predicted molar refractivity (Wildman–Crippen MR) is 45.7 cm³/mol. The highest BCUT2D eigenvalue weighted by Gasteiger charge is 1.73. The zero-order valence-electron chi connectivity index (χ0n) is 6.98. The fraction of sp³-hybridized carbons (Fsp3) is 0.750. The Hall–Kier alpha value is -0.660. The molecule has 0 saturated heterocycles. The van der Waals surface area contributed by atoms with Crippen LogP contribution in [0.3, 0.4) is 0 Å². The lowest BCUT2D eigenvalue weighted by Crippen LogP contribution is -2.10. The molecule has 0 rings (SSSR count). The fourth-order valence-electron chi connectivity index (χ4n) is 0.573. The van der Waals surface area contributed by atoms with Crippen molar-refractivity contribution in [3.05, 3.63) is 12.4 Å². The quantitative estimate of drug-likeness (QED) is 0.549. The molecule has 2 heteroatoms. The zero-order valence-corrected chi connectivity index (χ0v) is 6.98. The lowest BCUT2D eigenvalue weighted by Gasteiger charge is -1.97. The van der Waals surface area contributed by atoms with Gasteiger partial charge in [-0.05, 0) is 12.8 Å². The van der Waals surface area contributed by atoms with Crippen LogP contribution >= 0.6 is 0 Å². The van der Waals surface area contributed by atoms with E-state index < -0.39 is 0 Å². The van der Waals surface area contributed by atoms with Gasteiger partial charge in [0.15, 0.2) is 0 Å². The first kappa shape index (κ1) is 9.34. The van der Waals surface area contributed by atoms with Gasteiger partial charge in [0.1, 0.15) is 0 Å². The second-order valence-electron chi connectivity index (χ2n) is 2.24. The molecule has 0 aromatic heterocycles. The summed E-state index contributed by atoms with van der Waals surface area (Å²) in [5.74, 6) is 0. The van der Waals surface area contributed by atoms with Gasteiger partial charge in [0.2, 0.25) is 0 Å². The molecule has 0 unspecified atom stereocenters. The van der Waals surface area contributed by atoms with E-state index in [0.29, 0.717) is 0 Å². The molecule has 0 heterocycles. The van der Waals surface area contributed by atoms with Crippen LogP contribution in [-0.4, -0.2) is 13.1 Å². The maximum absolute atomic E-state index is 3.15. The Morgan fingerprint density at radius 2 is 1.30 bits per heavy atom. The van der Waals surface area contributed by atoms with Gasteiger partial charge in [0, 0.05) is 25.5 Å². The van der Waals surface area contributed by atoms with Crippen LogP contribution in [-0.2, 0) is 0 Å². The van der Waals surface area contributed by atoms with Crippen molar-refractivity contribution in [3.8, 4) is 0 Å². The Morgan fingerprint density at radius 1 is 0.900 bits per heavy atom. The van der Waals surface area contributed by atoms with Gasteiger partial charge in [-0.2, -0.15) is 0 Å². The van der Waals surface area contributed by atoms with E-state index >= 15 is 0 Å². The highest BCUT2D eigenvalue weighted by Crippen LogP contribution is 1.71. The number of nitrogens with one attached hydrogen (secondary N) is 2. The predicted octanol–water partition coefficient (Wildman–Crippen LogP) is 1.46. The van der Waals surface area contributed by atoms with E-state index in [2.05, 4.69) is 24.5 Å². The van der Waals surface area contributed by atoms with E-state index in [9.17, 15) is 0 Å². The van der Waals surface area contributed by atoms with Crippen molar-refractivity contribution >= 4 is 0 Å². The fourth-order valence-corrected chi connectivity index (χ4v) is 0.573. The summed E-state index contributed by atoms with van der Waals surface area (Å²) in [6.07, 6.45) is 6.27. The number of rotatable bonds is 6. The second kappa shape index (κ2) is 8.34. The average molecular weight is 142 g/mol. The minimum Gasteiger partial charge on any atom is -0.390 e. The van der Waals surface area contributed by atoms with Crippen molar-refractivity contribution in [2.75, 3.05) is 13.1 Å². The van der Waals surface area contributed by atoms with Crippen molar-refractivity contribution in [2.45, 2.75) is 26.7 Å². The SMILES string of the molecule is CCCN/C=C/NCCC. The first-order valence-electron chi connectivity index (χ1n) is 4.03. The number of hydrogen-bond donors (Lipinski definition) is 2. The summed E-state index contributed by atoms with van der Waals surface area (Å²) in [4.78, 5) is 0.